The predicted molar refractivity (Wildman–Crippen MR) is 275 cm³/mol. The molecule has 0 aromatic heterocycles. The van der Waals surface area contributed by atoms with Crippen LogP contribution >= 0.6 is 7.82 Å². The fraction of sp³-hybridized carbons (Fsp3) is 0.818. The third-order valence-electron chi connectivity index (χ3n) is 11.7. The van der Waals surface area contributed by atoms with Crippen molar-refractivity contribution in [2.75, 3.05) is 26.4 Å². The molecule has 0 fully saturated rings. The average Bonchev–Trinajstić information content (AvgIpc) is 3.30. The lowest BCUT2D eigenvalue weighted by molar-refractivity contribution is -0.161. The molecule has 0 aliphatic rings. The number of carbonyl (C=O) groups is 2. The summed E-state index contributed by atoms with van der Waals surface area (Å²) in [6.45, 7) is 3.67. The van der Waals surface area contributed by atoms with Crippen molar-refractivity contribution in [2.24, 2.45) is 5.73 Å². The van der Waals surface area contributed by atoms with Crippen molar-refractivity contribution in [3.63, 3.8) is 0 Å². The van der Waals surface area contributed by atoms with Crippen LogP contribution in [0.3, 0.4) is 0 Å². The predicted octanol–water partition coefficient (Wildman–Crippen LogP) is 16.6. The fourth-order valence-electron chi connectivity index (χ4n) is 7.65. The number of rotatable bonds is 51. The molecule has 0 saturated carbocycles. The highest BCUT2D eigenvalue weighted by Gasteiger charge is 2.26. The van der Waals surface area contributed by atoms with Crippen molar-refractivity contribution < 1.29 is 37.6 Å². The fourth-order valence-corrected chi connectivity index (χ4v) is 8.41. The Bertz CT molecular complexity index is 1200. The normalized spacial score (nSPS) is 13.5. The lowest BCUT2D eigenvalue weighted by Gasteiger charge is -2.19. The van der Waals surface area contributed by atoms with Crippen molar-refractivity contribution in [1.82, 2.24) is 0 Å². The second-order valence-electron chi connectivity index (χ2n) is 18.1. The third-order valence-corrected chi connectivity index (χ3v) is 12.7. The van der Waals surface area contributed by atoms with Crippen molar-refractivity contribution >= 4 is 19.8 Å². The van der Waals surface area contributed by atoms with Crippen LogP contribution in [0.5, 0.6) is 0 Å². The maximum atomic E-state index is 12.7. The molecule has 380 valence electrons. The first-order valence-electron chi connectivity index (χ1n) is 27.1. The van der Waals surface area contributed by atoms with E-state index in [-0.39, 0.29) is 32.6 Å². The monoisotopic (exact) mass is 936 g/mol. The Morgan fingerprint density at radius 3 is 1.23 bits per heavy atom. The minimum Gasteiger partial charge on any atom is -0.462 e. The molecule has 0 heterocycles. The first-order chi connectivity index (χ1) is 31.8. The average molecular weight is 936 g/mol. The molecule has 65 heavy (non-hydrogen) atoms. The summed E-state index contributed by atoms with van der Waals surface area (Å²) in [4.78, 5) is 35.0. The van der Waals surface area contributed by atoms with Gasteiger partial charge < -0.3 is 20.1 Å². The Hall–Kier alpha value is -2.03. The second kappa shape index (κ2) is 51.4. The van der Waals surface area contributed by atoms with E-state index < -0.39 is 32.5 Å². The smallest absolute Gasteiger partial charge is 0.462 e. The number of hydrogen-bond donors (Lipinski definition) is 2. The van der Waals surface area contributed by atoms with Gasteiger partial charge in [0.15, 0.2) is 6.10 Å². The van der Waals surface area contributed by atoms with Gasteiger partial charge in [-0.2, -0.15) is 0 Å². The minimum absolute atomic E-state index is 0.0514. The molecular formula is C55H102NO8P. The Morgan fingerprint density at radius 1 is 0.462 bits per heavy atom. The lowest BCUT2D eigenvalue weighted by Crippen LogP contribution is -2.29. The molecule has 9 nitrogen and oxygen atoms in total. The first kappa shape index (κ1) is 63.0. The van der Waals surface area contributed by atoms with Gasteiger partial charge in [-0.25, -0.2) is 4.57 Å². The number of phosphoric ester groups is 1. The van der Waals surface area contributed by atoms with E-state index in [0.717, 1.165) is 64.2 Å². The topological polar surface area (TPSA) is 134 Å². The second-order valence-corrected chi connectivity index (χ2v) is 19.5. The van der Waals surface area contributed by atoms with Crippen molar-refractivity contribution in [3.8, 4) is 0 Å². The van der Waals surface area contributed by atoms with Crippen LogP contribution in [0.2, 0.25) is 0 Å². The van der Waals surface area contributed by atoms with Gasteiger partial charge >= 0.3 is 19.8 Å². The number of nitrogens with two attached hydrogens (primary N) is 1. The van der Waals surface area contributed by atoms with Gasteiger partial charge in [-0.05, 0) is 70.6 Å². The SMILES string of the molecule is CCC/C=C\C/C=C\CCCCCCCC(=O)OCC(COP(=O)(O)OCCN)OC(=O)CCCCCCCCCCCCCCCCCCCCC/C=C\C/C=C\CCCCCCC. The number of ether oxygens (including phenoxy) is 2. The van der Waals surface area contributed by atoms with Gasteiger partial charge in [0.1, 0.15) is 6.61 Å². The van der Waals surface area contributed by atoms with Gasteiger partial charge in [0, 0.05) is 19.4 Å². The summed E-state index contributed by atoms with van der Waals surface area (Å²) in [5, 5.41) is 0. The summed E-state index contributed by atoms with van der Waals surface area (Å²) in [7, 11) is -4.38. The van der Waals surface area contributed by atoms with E-state index in [9.17, 15) is 19.0 Å². The maximum absolute atomic E-state index is 12.7. The van der Waals surface area contributed by atoms with Crippen LogP contribution in [-0.2, 0) is 32.7 Å². The molecule has 0 aliphatic heterocycles. The van der Waals surface area contributed by atoms with Crippen LogP contribution in [0.15, 0.2) is 48.6 Å². The summed E-state index contributed by atoms with van der Waals surface area (Å²) in [5.41, 5.74) is 5.36. The highest BCUT2D eigenvalue weighted by atomic mass is 31.2. The van der Waals surface area contributed by atoms with E-state index in [1.165, 1.54) is 154 Å². The summed E-state index contributed by atoms with van der Waals surface area (Å²) in [5.74, 6) is -0.838. The van der Waals surface area contributed by atoms with Gasteiger partial charge in [0.2, 0.25) is 0 Å². The molecule has 0 radical (unpaired) electrons. The quantitative estimate of drug-likeness (QED) is 0.0265. The van der Waals surface area contributed by atoms with E-state index in [2.05, 4.69) is 62.5 Å². The Kier molecular flexibility index (Phi) is 49.8. The molecule has 3 N–H and O–H groups in total. The van der Waals surface area contributed by atoms with E-state index in [1.807, 2.05) is 0 Å². The molecule has 2 atom stereocenters. The van der Waals surface area contributed by atoms with Crippen LogP contribution in [0, 0.1) is 0 Å². The van der Waals surface area contributed by atoms with Crippen LogP contribution in [0.25, 0.3) is 0 Å². The van der Waals surface area contributed by atoms with E-state index in [1.54, 1.807) is 0 Å². The molecule has 0 amide bonds. The molecule has 0 aliphatic carbocycles. The van der Waals surface area contributed by atoms with Gasteiger partial charge in [-0.3, -0.25) is 18.6 Å². The van der Waals surface area contributed by atoms with Gasteiger partial charge in [0.25, 0.3) is 0 Å². The van der Waals surface area contributed by atoms with Crippen LogP contribution in [0.4, 0.5) is 0 Å². The molecule has 0 spiro atoms. The zero-order valence-corrected chi connectivity index (χ0v) is 43.1. The molecule has 0 aromatic carbocycles. The standard InChI is InChI=1S/C55H102NO8P/c1-3-5-7-9-11-13-15-17-18-19-20-21-22-23-24-25-26-27-28-29-30-31-32-33-34-36-38-40-42-44-46-48-55(58)64-53(52-63-65(59,60)62-50-49-56)51-61-54(57)47-45-43-41-39-37-35-16-14-12-10-8-6-4-2/h8,10,14-17,19-20,53H,3-7,9,11-13,18,21-52,56H2,1-2H3,(H,59,60)/b10-8-,16-14-,17-15-,20-19-. The van der Waals surface area contributed by atoms with E-state index in [0.29, 0.717) is 12.8 Å². The number of esters is 2. The molecule has 10 heteroatoms. The summed E-state index contributed by atoms with van der Waals surface area (Å²) in [6.07, 6.45) is 61.8. The third kappa shape index (κ3) is 51.2. The number of carbonyl (C=O) groups excluding carboxylic acids is 2. The molecule has 0 rings (SSSR count). The number of phosphoric acid groups is 1. The number of allylic oxidation sites excluding steroid dienone is 8. The minimum atomic E-state index is -4.38. The van der Waals surface area contributed by atoms with Crippen molar-refractivity contribution in [2.45, 2.75) is 264 Å². The molecular weight excluding hydrogens is 834 g/mol. The highest BCUT2D eigenvalue weighted by molar-refractivity contribution is 7.47. The van der Waals surface area contributed by atoms with Crippen LogP contribution in [-0.4, -0.2) is 49.3 Å². The van der Waals surface area contributed by atoms with Crippen LogP contribution in [0.1, 0.15) is 258 Å². The van der Waals surface area contributed by atoms with Gasteiger partial charge in [-0.15, -0.1) is 0 Å². The zero-order chi connectivity index (χ0) is 47.4. The Balaban J connectivity index is 3.88. The molecule has 2 unspecified atom stereocenters. The Morgan fingerprint density at radius 2 is 0.831 bits per heavy atom. The maximum Gasteiger partial charge on any atom is 0.472 e. The Labute approximate surface area is 400 Å². The molecule has 0 aromatic rings. The zero-order valence-electron chi connectivity index (χ0n) is 42.2. The van der Waals surface area contributed by atoms with Gasteiger partial charge in [0.05, 0.1) is 13.2 Å². The van der Waals surface area contributed by atoms with Crippen LogP contribution < -0.4 is 5.73 Å². The molecule has 0 bridgehead atoms. The summed E-state index contributed by atoms with van der Waals surface area (Å²) < 4.78 is 32.9. The molecule has 0 saturated heterocycles. The largest absolute Gasteiger partial charge is 0.472 e. The number of hydrogen-bond acceptors (Lipinski definition) is 8. The van der Waals surface area contributed by atoms with E-state index >= 15 is 0 Å². The van der Waals surface area contributed by atoms with Gasteiger partial charge in [-0.1, -0.05) is 223 Å². The highest BCUT2D eigenvalue weighted by Crippen LogP contribution is 2.43. The summed E-state index contributed by atoms with van der Waals surface area (Å²) >= 11 is 0. The van der Waals surface area contributed by atoms with E-state index in [4.69, 9.17) is 24.3 Å². The van der Waals surface area contributed by atoms with Crippen molar-refractivity contribution in [3.05, 3.63) is 48.6 Å². The number of unbranched alkanes of at least 4 members (excludes halogenated alkanes) is 30. The first-order valence-corrected chi connectivity index (χ1v) is 28.6. The summed E-state index contributed by atoms with van der Waals surface area (Å²) in [6, 6.07) is 0. The lowest BCUT2D eigenvalue weighted by atomic mass is 10.0. The van der Waals surface area contributed by atoms with Crippen molar-refractivity contribution in [1.29, 1.82) is 0 Å².